The van der Waals surface area contributed by atoms with E-state index in [2.05, 4.69) is 22.2 Å². The molecule has 3 aliphatic heterocycles. The number of carbonyl (C=O) groups excluding carboxylic acids is 3. The zero-order chi connectivity index (χ0) is 17.6. The number of nitrogens with one attached hydrogen (secondary N) is 1. The zero-order valence-electron chi connectivity index (χ0n) is 14.3. The molecule has 1 unspecified atom stereocenters. The fourth-order valence-electron chi connectivity index (χ4n) is 3.91. The molecular formula is C18H22N4O3. The second-order valence-corrected chi connectivity index (χ2v) is 7.00. The molecule has 0 aliphatic carbocycles. The highest BCUT2D eigenvalue weighted by Gasteiger charge is 2.40. The number of rotatable bonds is 2. The number of likely N-dealkylation sites (N-methyl/N-ethyl adjacent to an activating group) is 1. The molecule has 7 nitrogen and oxygen atoms in total. The second-order valence-electron chi connectivity index (χ2n) is 7.00. The van der Waals surface area contributed by atoms with E-state index in [1.165, 1.54) is 0 Å². The van der Waals surface area contributed by atoms with Crippen LogP contribution in [0, 0.1) is 0 Å². The summed E-state index contributed by atoms with van der Waals surface area (Å²) in [6.07, 6.45) is 0.677. The summed E-state index contributed by atoms with van der Waals surface area (Å²) in [5.74, 6) is -0.721. The minimum absolute atomic E-state index is 0.0981. The van der Waals surface area contributed by atoms with Gasteiger partial charge in [0.15, 0.2) is 0 Å². The van der Waals surface area contributed by atoms with Gasteiger partial charge in [-0.1, -0.05) is 12.1 Å². The van der Waals surface area contributed by atoms with Gasteiger partial charge in [0.25, 0.3) is 5.91 Å². The van der Waals surface area contributed by atoms with Crippen molar-refractivity contribution in [1.29, 1.82) is 0 Å². The molecule has 3 aliphatic rings. The van der Waals surface area contributed by atoms with Crippen LogP contribution in [0.5, 0.6) is 0 Å². The first-order valence-electron chi connectivity index (χ1n) is 8.74. The van der Waals surface area contributed by atoms with Crippen molar-refractivity contribution < 1.29 is 14.4 Å². The van der Waals surface area contributed by atoms with E-state index in [4.69, 9.17) is 0 Å². The first-order chi connectivity index (χ1) is 12.0. The zero-order valence-corrected chi connectivity index (χ0v) is 14.3. The normalized spacial score (nSPS) is 24.5. The van der Waals surface area contributed by atoms with Crippen molar-refractivity contribution in [3.05, 3.63) is 29.3 Å². The summed E-state index contributed by atoms with van der Waals surface area (Å²) >= 11 is 0. The van der Waals surface area contributed by atoms with Crippen LogP contribution in [0.4, 0.5) is 5.69 Å². The van der Waals surface area contributed by atoms with Gasteiger partial charge in [0, 0.05) is 44.8 Å². The van der Waals surface area contributed by atoms with Crippen LogP contribution in [0.25, 0.3) is 0 Å². The molecule has 0 aromatic heterocycles. The van der Waals surface area contributed by atoms with Gasteiger partial charge in [-0.3, -0.25) is 19.7 Å². The van der Waals surface area contributed by atoms with Crippen LogP contribution in [0.15, 0.2) is 18.2 Å². The Labute approximate surface area is 146 Å². The van der Waals surface area contributed by atoms with E-state index >= 15 is 0 Å². The Morgan fingerprint density at radius 2 is 1.84 bits per heavy atom. The van der Waals surface area contributed by atoms with Crippen molar-refractivity contribution in [2.75, 3.05) is 38.1 Å². The molecule has 4 rings (SSSR count). The Bertz CT molecular complexity index is 740. The number of imide groups is 1. The monoisotopic (exact) mass is 342 g/mol. The summed E-state index contributed by atoms with van der Waals surface area (Å²) < 4.78 is 0. The Kier molecular flexibility index (Phi) is 3.95. The molecule has 25 heavy (non-hydrogen) atoms. The first kappa shape index (κ1) is 16.1. The summed E-state index contributed by atoms with van der Waals surface area (Å²) in [7, 11) is 2.10. The van der Waals surface area contributed by atoms with E-state index in [1.54, 1.807) is 4.90 Å². The SMILES string of the molecule is CN1CCN(c2cccc3c2C(=O)N(C2CCC(=O)NC2=O)C3)CC1. The molecule has 3 heterocycles. The van der Waals surface area contributed by atoms with Gasteiger partial charge in [-0.2, -0.15) is 0 Å². The lowest BCUT2D eigenvalue weighted by molar-refractivity contribution is -0.136. The summed E-state index contributed by atoms with van der Waals surface area (Å²) in [6, 6.07) is 5.38. The lowest BCUT2D eigenvalue weighted by atomic mass is 10.0. The van der Waals surface area contributed by atoms with Gasteiger partial charge in [0.2, 0.25) is 11.8 Å². The van der Waals surface area contributed by atoms with E-state index in [0.29, 0.717) is 13.0 Å². The number of piperazine rings is 1. The van der Waals surface area contributed by atoms with Crippen molar-refractivity contribution in [2.45, 2.75) is 25.4 Å². The molecule has 1 aromatic rings. The van der Waals surface area contributed by atoms with Crippen LogP contribution in [0.2, 0.25) is 0 Å². The Morgan fingerprint density at radius 1 is 1.08 bits per heavy atom. The summed E-state index contributed by atoms with van der Waals surface area (Å²) in [5.41, 5.74) is 2.65. The van der Waals surface area contributed by atoms with Crippen molar-refractivity contribution in [3.63, 3.8) is 0 Å². The maximum Gasteiger partial charge on any atom is 0.257 e. The Hall–Kier alpha value is -2.41. The Morgan fingerprint density at radius 3 is 2.56 bits per heavy atom. The second kappa shape index (κ2) is 6.15. The van der Waals surface area contributed by atoms with E-state index in [-0.39, 0.29) is 24.1 Å². The van der Waals surface area contributed by atoms with Gasteiger partial charge < -0.3 is 14.7 Å². The molecule has 0 radical (unpaired) electrons. The van der Waals surface area contributed by atoms with Crippen LogP contribution in [-0.4, -0.2) is 66.8 Å². The smallest absolute Gasteiger partial charge is 0.257 e. The van der Waals surface area contributed by atoms with Crippen LogP contribution in [0.1, 0.15) is 28.8 Å². The van der Waals surface area contributed by atoms with Gasteiger partial charge in [0.1, 0.15) is 6.04 Å². The fourth-order valence-corrected chi connectivity index (χ4v) is 3.91. The average Bonchev–Trinajstić information content (AvgIpc) is 2.93. The fraction of sp³-hybridized carbons (Fsp3) is 0.500. The van der Waals surface area contributed by atoms with Gasteiger partial charge in [-0.15, -0.1) is 0 Å². The molecule has 2 fully saturated rings. The maximum absolute atomic E-state index is 13.1. The number of fused-ring (bicyclic) bond motifs is 1. The number of nitrogens with zero attached hydrogens (tertiary/aromatic N) is 3. The number of hydrogen-bond acceptors (Lipinski definition) is 5. The lowest BCUT2D eigenvalue weighted by Crippen LogP contribution is -2.52. The molecule has 0 saturated carbocycles. The number of benzene rings is 1. The number of piperidine rings is 1. The van der Waals surface area contributed by atoms with Crippen molar-refractivity contribution in [1.82, 2.24) is 15.1 Å². The van der Waals surface area contributed by atoms with Crippen LogP contribution in [0.3, 0.4) is 0 Å². The van der Waals surface area contributed by atoms with Crippen LogP contribution < -0.4 is 10.2 Å². The summed E-state index contributed by atoms with van der Waals surface area (Å²) in [6.45, 7) is 4.14. The molecule has 3 amide bonds. The predicted molar refractivity (Wildman–Crippen MR) is 92.2 cm³/mol. The minimum Gasteiger partial charge on any atom is -0.368 e. The minimum atomic E-state index is -0.557. The molecule has 0 spiro atoms. The third kappa shape index (κ3) is 2.78. The molecule has 1 N–H and O–H groups in total. The number of hydrogen-bond donors (Lipinski definition) is 1. The standard InChI is InChI=1S/C18H22N4O3/c1-20-7-9-21(10-8-20)13-4-2-3-12-11-22(18(25)16(12)13)14-5-6-15(23)19-17(14)24/h2-4,14H,5-11H2,1H3,(H,19,23,24). The molecule has 0 bridgehead atoms. The highest BCUT2D eigenvalue weighted by atomic mass is 16.2. The van der Waals surface area contributed by atoms with Gasteiger partial charge in [-0.25, -0.2) is 0 Å². The molecule has 2 saturated heterocycles. The third-order valence-electron chi connectivity index (χ3n) is 5.37. The van der Waals surface area contributed by atoms with Crippen molar-refractivity contribution in [3.8, 4) is 0 Å². The summed E-state index contributed by atoms with van der Waals surface area (Å²) in [5, 5.41) is 2.35. The largest absolute Gasteiger partial charge is 0.368 e. The van der Waals surface area contributed by atoms with Gasteiger partial charge in [-0.05, 0) is 25.1 Å². The Balaban J connectivity index is 1.60. The summed E-state index contributed by atoms with van der Waals surface area (Å²) in [4.78, 5) is 42.8. The molecular weight excluding hydrogens is 320 g/mol. The molecule has 7 heteroatoms. The van der Waals surface area contributed by atoms with Gasteiger partial charge in [0.05, 0.1) is 5.56 Å². The average molecular weight is 342 g/mol. The van der Waals surface area contributed by atoms with Crippen LogP contribution >= 0.6 is 0 Å². The number of amides is 3. The number of anilines is 1. The topological polar surface area (TPSA) is 73.0 Å². The highest BCUT2D eigenvalue weighted by Crippen LogP contribution is 2.34. The lowest BCUT2D eigenvalue weighted by Gasteiger charge is -2.35. The van der Waals surface area contributed by atoms with E-state index in [1.807, 2.05) is 18.2 Å². The van der Waals surface area contributed by atoms with E-state index < -0.39 is 6.04 Å². The predicted octanol–water partition coefficient (Wildman–Crippen LogP) is 0.199. The molecule has 1 aromatic carbocycles. The van der Waals surface area contributed by atoms with E-state index in [9.17, 15) is 14.4 Å². The van der Waals surface area contributed by atoms with Crippen molar-refractivity contribution in [2.24, 2.45) is 0 Å². The van der Waals surface area contributed by atoms with E-state index in [0.717, 1.165) is 43.0 Å². The highest BCUT2D eigenvalue weighted by molar-refractivity contribution is 6.07. The maximum atomic E-state index is 13.1. The molecule has 1 atom stereocenters. The first-order valence-corrected chi connectivity index (χ1v) is 8.74. The van der Waals surface area contributed by atoms with Crippen molar-refractivity contribution >= 4 is 23.4 Å². The number of carbonyl (C=O) groups is 3. The quantitative estimate of drug-likeness (QED) is 0.778. The third-order valence-corrected chi connectivity index (χ3v) is 5.37. The van der Waals surface area contributed by atoms with Crippen LogP contribution in [-0.2, 0) is 16.1 Å². The van der Waals surface area contributed by atoms with Gasteiger partial charge >= 0.3 is 0 Å². The molecule has 132 valence electrons.